The minimum absolute atomic E-state index is 0. The van der Waals surface area contributed by atoms with Crippen molar-refractivity contribution in [1.82, 2.24) is 15.0 Å². The van der Waals surface area contributed by atoms with E-state index in [1.807, 2.05) is 36.4 Å². The van der Waals surface area contributed by atoms with Crippen molar-refractivity contribution >= 4 is 57.2 Å². The maximum absolute atomic E-state index is 12.7. The van der Waals surface area contributed by atoms with Gasteiger partial charge in [0, 0.05) is 42.0 Å². The molecule has 1 unspecified atom stereocenters. The molecule has 1 saturated carbocycles. The van der Waals surface area contributed by atoms with Gasteiger partial charge in [-0.2, -0.15) is 0 Å². The monoisotopic (exact) mass is 522 g/mol. The molecular formula is C24H28Cl2N4O3S. The van der Waals surface area contributed by atoms with Crippen LogP contribution in [-0.2, 0) is 14.8 Å². The Morgan fingerprint density at radius 2 is 1.82 bits per heavy atom. The van der Waals surface area contributed by atoms with Crippen molar-refractivity contribution in [2.24, 2.45) is 5.92 Å². The zero-order valence-electron chi connectivity index (χ0n) is 18.4. The number of fused-ring (bicyclic) bond motifs is 1. The number of benzene rings is 2. The van der Waals surface area contributed by atoms with Crippen molar-refractivity contribution in [2.75, 3.05) is 18.4 Å². The minimum atomic E-state index is -3.54. The van der Waals surface area contributed by atoms with Crippen LogP contribution in [0, 0.1) is 5.92 Å². The second-order valence-electron chi connectivity index (χ2n) is 8.61. The summed E-state index contributed by atoms with van der Waals surface area (Å²) in [5, 5.41) is 8.27. The second kappa shape index (κ2) is 11.0. The fourth-order valence-corrected chi connectivity index (χ4v) is 5.65. The topological polar surface area (TPSA) is 100 Å². The molecule has 3 aromatic rings. The Balaban J connectivity index is 0.00000162. The van der Waals surface area contributed by atoms with Gasteiger partial charge in [0.1, 0.15) is 0 Å². The summed E-state index contributed by atoms with van der Waals surface area (Å²) in [6.45, 7) is 1.59. The van der Waals surface area contributed by atoms with Crippen molar-refractivity contribution in [1.29, 1.82) is 0 Å². The average Bonchev–Trinajstić information content (AvgIpc) is 3.61. The van der Waals surface area contributed by atoms with Crippen LogP contribution in [0.5, 0.6) is 0 Å². The number of nitrogens with one attached hydrogen (secondary N) is 3. The molecule has 1 aromatic heterocycles. The number of aromatic nitrogens is 1. The fraction of sp³-hybridized carbons (Fsp3) is 0.333. The first-order valence-corrected chi connectivity index (χ1v) is 12.5. The van der Waals surface area contributed by atoms with Crippen LogP contribution in [0.1, 0.15) is 30.7 Å². The van der Waals surface area contributed by atoms with E-state index in [0.717, 1.165) is 47.8 Å². The molecule has 0 spiro atoms. The van der Waals surface area contributed by atoms with Crippen molar-refractivity contribution in [2.45, 2.75) is 36.1 Å². The molecule has 34 heavy (non-hydrogen) atoms. The van der Waals surface area contributed by atoms with E-state index in [9.17, 15) is 13.2 Å². The number of hydrogen-bond donors (Lipinski definition) is 3. The van der Waals surface area contributed by atoms with Gasteiger partial charge >= 0.3 is 0 Å². The highest BCUT2D eigenvalue weighted by molar-refractivity contribution is 7.89. The van der Waals surface area contributed by atoms with Gasteiger partial charge < -0.3 is 10.6 Å². The van der Waals surface area contributed by atoms with Gasteiger partial charge in [0.15, 0.2) is 0 Å². The number of carbonyl (C=O) groups is 1. The zero-order chi connectivity index (χ0) is 22.1. The summed E-state index contributed by atoms with van der Waals surface area (Å²) in [6, 6.07) is 14.5. The molecule has 2 aromatic carbocycles. The number of sulfonamides is 1. The van der Waals surface area contributed by atoms with E-state index >= 15 is 0 Å². The van der Waals surface area contributed by atoms with Crippen LogP contribution in [0.2, 0.25) is 0 Å². The van der Waals surface area contributed by atoms with E-state index in [-0.39, 0.29) is 53.5 Å². The number of carbonyl (C=O) groups excluding carboxylic acids is 1. The molecule has 1 aliphatic carbocycles. The Kier molecular flexibility index (Phi) is 8.54. The molecule has 5 rings (SSSR count). The molecule has 0 radical (unpaired) electrons. The lowest BCUT2D eigenvalue weighted by atomic mass is 10.1. The lowest BCUT2D eigenvalue weighted by molar-refractivity contribution is -0.117. The molecule has 10 heteroatoms. The Labute approximate surface area is 212 Å². The van der Waals surface area contributed by atoms with E-state index < -0.39 is 10.0 Å². The van der Waals surface area contributed by atoms with Gasteiger partial charge in [-0.3, -0.25) is 9.78 Å². The van der Waals surface area contributed by atoms with Crippen LogP contribution in [0.25, 0.3) is 10.8 Å². The van der Waals surface area contributed by atoms with Gasteiger partial charge in [0.25, 0.3) is 0 Å². The largest absolute Gasteiger partial charge is 0.326 e. The number of piperidine rings is 1. The Bertz CT molecular complexity index is 1250. The summed E-state index contributed by atoms with van der Waals surface area (Å²) in [7, 11) is -3.54. The highest BCUT2D eigenvalue weighted by Gasteiger charge is 2.44. The Hall–Kier alpha value is -2.23. The molecule has 2 fully saturated rings. The van der Waals surface area contributed by atoms with Gasteiger partial charge in [-0.05, 0) is 73.0 Å². The van der Waals surface area contributed by atoms with Crippen LogP contribution >= 0.6 is 24.8 Å². The number of amides is 1. The van der Waals surface area contributed by atoms with E-state index in [0.29, 0.717) is 6.54 Å². The van der Waals surface area contributed by atoms with Crippen molar-refractivity contribution in [3.05, 3.63) is 66.5 Å². The highest BCUT2D eigenvalue weighted by atomic mass is 35.5. The normalized spacial score (nSPS) is 21.7. The molecule has 0 bridgehead atoms. The first-order chi connectivity index (χ1) is 15.5. The van der Waals surface area contributed by atoms with Gasteiger partial charge in [0.05, 0.1) is 4.90 Å². The number of pyridine rings is 1. The van der Waals surface area contributed by atoms with Crippen molar-refractivity contribution in [3.63, 3.8) is 0 Å². The quantitative estimate of drug-likeness (QED) is 0.456. The molecule has 182 valence electrons. The van der Waals surface area contributed by atoms with Crippen molar-refractivity contribution in [3.8, 4) is 0 Å². The molecule has 2 aliphatic rings. The standard InChI is InChI=1S/C24H26N4O3S.2ClH/c29-24(27-19-6-3-18-14-26-11-9-17(18)12-19)23-13-22(23)16-4-7-21(8-5-16)32(30,31)28-20-2-1-10-25-15-20;;/h3-9,11-12,14,20,22-23,25,28H,1-2,10,13,15H2,(H,27,29);2*1H/t20?,22-,23+;;/m0../s1. The minimum Gasteiger partial charge on any atom is -0.326 e. The third-order valence-electron chi connectivity index (χ3n) is 6.27. The number of anilines is 1. The molecule has 1 aliphatic heterocycles. The van der Waals surface area contributed by atoms with Crippen molar-refractivity contribution < 1.29 is 13.2 Å². The Morgan fingerprint density at radius 1 is 1.03 bits per heavy atom. The van der Waals surface area contributed by atoms with E-state index in [4.69, 9.17) is 0 Å². The van der Waals surface area contributed by atoms with Crippen LogP contribution in [0.3, 0.4) is 0 Å². The number of halogens is 2. The molecular weight excluding hydrogens is 495 g/mol. The smallest absolute Gasteiger partial charge is 0.240 e. The van der Waals surface area contributed by atoms with Gasteiger partial charge in [0.2, 0.25) is 15.9 Å². The van der Waals surface area contributed by atoms with Gasteiger partial charge in [-0.25, -0.2) is 13.1 Å². The van der Waals surface area contributed by atoms with Gasteiger partial charge in [-0.15, -0.1) is 24.8 Å². The predicted octanol–water partition coefficient (Wildman–Crippen LogP) is 3.85. The molecule has 7 nitrogen and oxygen atoms in total. The van der Waals surface area contributed by atoms with E-state index in [2.05, 4.69) is 20.3 Å². The summed E-state index contributed by atoms with van der Waals surface area (Å²) < 4.78 is 28.1. The first kappa shape index (κ1) is 26.4. The lowest BCUT2D eigenvalue weighted by Crippen LogP contribution is -2.45. The predicted molar refractivity (Wildman–Crippen MR) is 138 cm³/mol. The van der Waals surface area contributed by atoms with Crippen LogP contribution in [-0.4, -0.2) is 38.4 Å². The first-order valence-electron chi connectivity index (χ1n) is 11.0. The summed E-state index contributed by atoms with van der Waals surface area (Å²) in [4.78, 5) is 17.1. The summed E-state index contributed by atoms with van der Waals surface area (Å²) in [5.74, 6) is 0.00974. The lowest BCUT2D eigenvalue weighted by Gasteiger charge is -2.23. The van der Waals surface area contributed by atoms with E-state index in [1.54, 1.807) is 24.5 Å². The second-order valence-corrected chi connectivity index (χ2v) is 10.3. The van der Waals surface area contributed by atoms with Gasteiger partial charge in [-0.1, -0.05) is 18.2 Å². The average molecular weight is 523 g/mol. The third-order valence-corrected chi connectivity index (χ3v) is 7.81. The summed E-state index contributed by atoms with van der Waals surface area (Å²) >= 11 is 0. The molecule has 3 atom stereocenters. The summed E-state index contributed by atoms with van der Waals surface area (Å²) in [6.07, 6.45) is 6.10. The third kappa shape index (κ3) is 5.87. The van der Waals surface area contributed by atoms with Crippen LogP contribution in [0.15, 0.2) is 65.8 Å². The molecule has 3 N–H and O–H groups in total. The van der Waals surface area contributed by atoms with E-state index in [1.165, 1.54) is 0 Å². The summed E-state index contributed by atoms with van der Waals surface area (Å²) in [5.41, 5.74) is 1.76. The molecule has 1 saturated heterocycles. The number of nitrogens with zero attached hydrogens (tertiary/aromatic N) is 1. The number of rotatable bonds is 6. The SMILES string of the molecule is Cl.Cl.O=C(Nc1ccc2cnccc2c1)[C@@H]1C[C@H]1c1ccc(S(=O)(=O)NC2CCCNC2)cc1. The zero-order valence-corrected chi connectivity index (χ0v) is 20.9. The Morgan fingerprint density at radius 3 is 2.56 bits per heavy atom. The highest BCUT2D eigenvalue weighted by Crippen LogP contribution is 2.48. The number of hydrogen-bond acceptors (Lipinski definition) is 5. The maximum Gasteiger partial charge on any atom is 0.240 e. The molecule has 2 heterocycles. The van der Waals surface area contributed by atoms with Crippen LogP contribution in [0.4, 0.5) is 5.69 Å². The maximum atomic E-state index is 12.7. The van der Waals surface area contributed by atoms with Crippen LogP contribution < -0.4 is 15.4 Å². The fourth-order valence-electron chi connectivity index (χ4n) is 4.38. The molecule has 1 amide bonds.